The zero-order valence-electron chi connectivity index (χ0n) is 26.0. The van der Waals surface area contributed by atoms with Gasteiger partial charge in [-0.1, -0.05) is 30.3 Å². The van der Waals surface area contributed by atoms with Crippen LogP contribution in [0.15, 0.2) is 42.5 Å². The molecule has 0 bridgehead atoms. The maximum atomic E-state index is 11.3. The third-order valence-corrected chi connectivity index (χ3v) is 7.81. The second kappa shape index (κ2) is 18.2. The standard InChI is InChI=1S/C33H49N3O7/c1-25(37)35-12-4-16-41-31-21-34-22-32(33(31)28-9-6-26(7-10-28)23-40-19-18-39-3)43-24-27-8-11-30-29(20-27)36(14-17-42-30)13-5-15-38-2/h6-11,20,31-34H,4-5,12-19,21-24H2,1-3H3,(H,35,37)/t31-,32+,33-/m1/s1. The number of nitrogens with zero attached hydrogens (tertiary/aromatic N) is 1. The molecule has 2 aliphatic rings. The van der Waals surface area contributed by atoms with E-state index in [-0.39, 0.29) is 24.0 Å². The fourth-order valence-electron chi connectivity index (χ4n) is 5.60. The Morgan fingerprint density at radius 2 is 1.70 bits per heavy atom. The number of carbonyl (C=O) groups is 1. The molecule has 2 aromatic carbocycles. The summed E-state index contributed by atoms with van der Waals surface area (Å²) in [5.41, 5.74) is 4.53. The molecule has 0 spiro atoms. The first kappa shape index (κ1) is 33.2. The van der Waals surface area contributed by atoms with Crippen LogP contribution in [0.5, 0.6) is 5.75 Å². The molecule has 2 aromatic rings. The summed E-state index contributed by atoms with van der Waals surface area (Å²) in [6.07, 6.45) is 1.58. The first-order valence-electron chi connectivity index (χ1n) is 15.4. The summed E-state index contributed by atoms with van der Waals surface area (Å²) in [7, 11) is 3.41. The summed E-state index contributed by atoms with van der Waals surface area (Å²) in [6.45, 7) is 9.56. The van der Waals surface area contributed by atoms with Gasteiger partial charge in [-0.3, -0.25) is 4.79 Å². The number of nitrogens with one attached hydrogen (secondary N) is 2. The van der Waals surface area contributed by atoms with Crippen molar-refractivity contribution in [3.05, 3.63) is 59.2 Å². The quantitative estimate of drug-likeness (QED) is 0.250. The summed E-state index contributed by atoms with van der Waals surface area (Å²) < 4.78 is 35.0. The van der Waals surface area contributed by atoms with Crippen molar-refractivity contribution in [3.8, 4) is 5.75 Å². The van der Waals surface area contributed by atoms with Gasteiger partial charge >= 0.3 is 0 Å². The van der Waals surface area contributed by atoms with Crippen LogP contribution in [0.3, 0.4) is 0 Å². The van der Waals surface area contributed by atoms with Crippen molar-refractivity contribution in [1.82, 2.24) is 10.6 Å². The van der Waals surface area contributed by atoms with E-state index >= 15 is 0 Å². The number of anilines is 1. The number of fused-ring (bicyclic) bond motifs is 1. The molecule has 2 heterocycles. The molecule has 10 nitrogen and oxygen atoms in total. The molecular formula is C33H49N3O7. The molecule has 0 radical (unpaired) electrons. The number of rotatable bonds is 18. The SMILES string of the molecule is COCCCN1CCOc2ccc(CO[C@H]3CNC[C@@H](OCCCNC(C)=O)[C@H]3c3ccc(COCCOC)cc3)cc21. The average Bonchev–Trinajstić information content (AvgIpc) is 3.02. The number of ether oxygens (including phenoxy) is 6. The molecule has 0 aromatic heterocycles. The molecule has 0 unspecified atom stereocenters. The monoisotopic (exact) mass is 599 g/mol. The molecule has 2 N–H and O–H groups in total. The number of amides is 1. The molecule has 1 fully saturated rings. The second-order valence-corrected chi connectivity index (χ2v) is 11.1. The van der Waals surface area contributed by atoms with Gasteiger partial charge in [0.15, 0.2) is 0 Å². The van der Waals surface area contributed by atoms with Gasteiger partial charge in [-0.25, -0.2) is 0 Å². The molecule has 10 heteroatoms. The van der Waals surface area contributed by atoms with Crippen LogP contribution in [0.4, 0.5) is 5.69 Å². The number of piperidine rings is 1. The van der Waals surface area contributed by atoms with Crippen molar-refractivity contribution < 1.29 is 33.2 Å². The van der Waals surface area contributed by atoms with E-state index in [1.54, 1.807) is 14.2 Å². The van der Waals surface area contributed by atoms with Gasteiger partial charge in [0, 0.05) is 66.5 Å². The average molecular weight is 600 g/mol. The highest BCUT2D eigenvalue weighted by Crippen LogP contribution is 2.34. The lowest BCUT2D eigenvalue weighted by Crippen LogP contribution is -2.50. The summed E-state index contributed by atoms with van der Waals surface area (Å²) in [5, 5.41) is 6.37. The summed E-state index contributed by atoms with van der Waals surface area (Å²) in [5.74, 6) is 0.949. The van der Waals surface area contributed by atoms with E-state index in [0.29, 0.717) is 46.2 Å². The highest BCUT2D eigenvalue weighted by Gasteiger charge is 2.36. The number of hydrogen-bond donors (Lipinski definition) is 2. The Bertz CT molecular complexity index is 1100. The minimum Gasteiger partial charge on any atom is -0.490 e. The first-order chi connectivity index (χ1) is 21.1. The van der Waals surface area contributed by atoms with Gasteiger partial charge in [-0.15, -0.1) is 0 Å². The molecular weight excluding hydrogens is 550 g/mol. The van der Waals surface area contributed by atoms with E-state index in [1.165, 1.54) is 12.5 Å². The Balaban J connectivity index is 1.44. The fourth-order valence-corrected chi connectivity index (χ4v) is 5.60. The molecule has 1 saturated heterocycles. The smallest absolute Gasteiger partial charge is 0.216 e. The number of benzene rings is 2. The molecule has 1 amide bonds. The Kier molecular flexibility index (Phi) is 14.0. The van der Waals surface area contributed by atoms with Crippen molar-refractivity contribution >= 4 is 11.6 Å². The van der Waals surface area contributed by atoms with Crippen LogP contribution in [0.2, 0.25) is 0 Å². The lowest BCUT2D eigenvalue weighted by Gasteiger charge is -2.39. The molecule has 43 heavy (non-hydrogen) atoms. The largest absolute Gasteiger partial charge is 0.490 e. The lowest BCUT2D eigenvalue weighted by molar-refractivity contribution is -0.119. The minimum absolute atomic E-state index is 0.0243. The van der Waals surface area contributed by atoms with Crippen LogP contribution in [0, 0.1) is 0 Å². The molecule has 0 saturated carbocycles. The third kappa shape index (κ3) is 10.4. The van der Waals surface area contributed by atoms with Crippen LogP contribution in [-0.2, 0) is 41.7 Å². The fraction of sp³-hybridized carbons (Fsp3) is 0.606. The predicted octanol–water partition coefficient (Wildman–Crippen LogP) is 3.27. The van der Waals surface area contributed by atoms with Crippen LogP contribution in [0.25, 0.3) is 0 Å². The number of hydrogen-bond acceptors (Lipinski definition) is 9. The van der Waals surface area contributed by atoms with Crippen molar-refractivity contribution in [2.75, 3.05) is 84.9 Å². The molecule has 238 valence electrons. The minimum atomic E-state index is -0.0806. The van der Waals surface area contributed by atoms with Crippen molar-refractivity contribution in [2.24, 2.45) is 0 Å². The third-order valence-electron chi connectivity index (χ3n) is 7.81. The van der Waals surface area contributed by atoms with Gasteiger partial charge in [-0.2, -0.15) is 0 Å². The summed E-state index contributed by atoms with van der Waals surface area (Å²) >= 11 is 0. The Hall–Kier alpha value is -2.73. The van der Waals surface area contributed by atoms with Gasteiger partial charge in [0.2, 0.25) is 5.91 Å². The first-order valence-corrected chi connectivity index (χ1v) is 15.4. The Morgan fingerprint density at radius 3 is 2.47 bits per heavy atom. The van der Waals surface area contributed by atoms with Crippen LogP contribution in [0.1, 0.15) is 42.4 Å². The van der Waals surface area contributed by atoms with E-state index in [0.717, 1.165) is 68.2 Å². The zero-order chi connectivity index (χ0) is 30.3. The van der Waals surface area contributed by atoms with Crippen molar-refractivity contribution in [3.63, 3.8) is 0 Å². The van der Waals surface area contributed by atoms with Gasteiger partial charge < -0.3 is 44.0 Å². The summed E-state index contributed by atoms with van der Waals surface area (Å²) in [6, 6.07) is 14.9. The van der Waals surface area contributed by atoms with Crippen molar-refractivity contribution in [2.45, 2.75) is 51.1 Å². The van der Waals surface area contributed by atoms with E-state index < -0.39 is 0 Å². The maximum absolute atomic E-state index is 11.3. The van der Waals surface area contributed by atoms with E-state index in [4.69, 9.17) is 28.4 Å². The van der Waals surface area contributed by atoms with Gasteiger partial charge in [-0.05, 0) is 41.7 Å². The van der Waals surface area contributed by atoms with Gasteiger partial charge in [0.1, 0.15) is 12.4 Å². The zero-order valence-corrected chi connectivity index (χ0v) is 26.0. The van der Waals surface area contributed by atoms with Gasteiger partial charge in [0.25, 0.3) is 0 Å². The molecule has 2 aliphatic heterocycles. The molecule has 4 rings (SSSR count). The number of methoxy groups -OCH3 is 2. The van der Waals surface area contributed by atoms with Crippen LogP contribution < -0.4 is 20.3 Å². The van der Waals surface area contributed by atoms with E-state index in [9.17, 15) is 4.79 Å². The highest BCUT2D eigenvalue weighted by molar-refractivity contribution is 5.72. The highest BCUT2D eigenvalue weighted by atomic mass is 16.5. The second-order valence-electron chi connectivity index (χ2n) is 11.1. The summed E-state index contributed by atoms with van der Waals surface area (Å²) in [4.78, 5) is 13.6. The predicted molar refractivity (Wildman–Crippen MR) is 166 cm³/mol. The van der Waals surface area contributed by atoms with E-state index in [1.807, 2.05) is 0 Å². The van der Waals surface area contributed by atoms with Crippen molar-refractivity contribution in [1.29, 1.82) is 0 Å². The normalized spacial score (nSPS) is 20.0. The van der Waals surface area contributed by atoms with Gasteiger partial charge in [0.05, 0.1) is 50.9 Å². The topological polar surface area (TPSA) is 99.8 Å². The van der Waals surface area contributed by atoms with Crippen LogP contribution >= 0.6 is 0 Å². The number of carbonyl (C=O) groups excluding carboxylic acids is 1. The maximum Gasteiger partial charge on any atom is 0.216 e. The lowest BCUT2D eigenvalue weighted by atomic mass is 9.85. The Labute approximate surface area is 256 Å². The van der Waals surface area contributed by atoms with Crippen LogP contribution in [-0.4, -0.2) is 98.1 Å². The molecule has 3 atom stereocenters. The van der Waals surface area contributed by atoms with E-state index in [2.05, 4.69) is 58.0 Å². The molecule has 0 aliphatic carbocycles. The Morgan fingerprint density at radius 1 is 0.930 bits per heavy atom.